The largest absolute Gasteiger partial charge is 0.310 e. The minimum absolute atomic E-state index is 0.675. The van der Waals surface area contributed by atoms with Crippen LogP contribution in [0.1, 0.15) is 76.5 Å². The normalized spacial score (nSPS) is 11.2. The number of hydrogen-bond acceptors (Lipinski definition) is 2. The van der Waals surface area contributed by atoms with Crippen LogP contribution in [0.3, 0.4) is 0 Å². The standard InChI is InChI=1S/C18H32N2/c1-4-6-8-10-18(11-9-7-5-2)20-15-17-13-12-16(3)19-14-17/h12-14,18,20H,4-11,15H2,1-3H3. The van der Waals surface area contributed by atoms with Crippen LogP contribution >= 0.6 is 0 Å². The summed E-state index contributed by atoms with van der Waals surface area (Å²) in [4.78, 5) is 4.37. The Morgan fingerprint density at radius 1 is 1.00 bits per heavy atom. The maximum atomic E-state index is 4.37. The molecule has 0 atom stereocenters. The SMILES string of the molecule is CCCCCC(CCCCC)NCc1ccc(C)nc1. The van der Waals surface area contributed by atoms with E-state index in [2.05, 4.69) is 36.3 Å². The van der Waals surface area contributed by atoms with E-state index in [4.69, 9.17) is 0 Å². The molecule has 0 fully saturated rings. The minimum Gasteiger partial charge on any atom is -0.310 e. The van der Waals surface area contributed by atoms with Gasteiger partial charge in [-0.1, -0.05) is 58.4 Å². The lowest BCUT2D eigenvalue weighted by Gasteiger charge is -2.18. The van der Waals surface area contributed by atoms with Crippen LogP contribution in [0.2, 0.25) is 0 Å². The molecular formula is C18H32N2. The molecule has 0 bridgehead atoms. The summed E-state index contributed by atoms with van der Waals surface area (Å²) < 4.78 is 0. The average molecular weight is 276 g/mol. The quantitative estimate of drug-likeness (QED) is 0.575. The number of pyridine rings is 1. The summed E-state index contributed by atoms with van der Waals surface area (Å²) in [7, 11) is 0. The predicted octanol–water partition coefficient (Wildman–Crippen LogP) is 5.01. The molecule has 114 valence electrons. The van der Waals surface area contributed by atoms with Crippen LogP contribution in [0.25, 0.3) is 0 Å². The molecule has 0 radical (unpaired) electrons. The summed E-state index contributed by atoms with van der Waals surface area (Å²) in [5.74, 6) is 0. The second kappa shape index (κ2) is 10.8. The van der Waals surface area contributed by atoms with Gasteiger partial charge in [0.1, 0.15) is 0 Å². The number of rotatable bonds is 11. The van der Waals surface area contributed by atoms with Gasteiger partial charge in [0, 0.05) is 24.5 Å². The molecule has 1 aromatic rings. The van der Waals surface area contributed by atoms with Gasteiger partial charge in [-0.05, 0) is 31.4 Å². The lowest BCUT2D eigenvalue weighted by Crippen LogP contribution is -2.28. The Morgan fingerprint density at radius 3 is 2.15 bits per heavy atom. The molecule has 2 heteroatoms. The lowest BCUT2D eigenvalue weighted by atomic mass is 10.0. The van der Waals surface area contributed by atoms with E-state index >= 15 is 0 Å². The van der Waals surface area contributed by atoms with Crippen LogP contribution in [0.4, 0.5) is 0 Å². The molecule has 0 saturated heterocycles. The third-order valence-electron chi connectivity index (χ3n) is 3.88. The van der Waals surface area contributed by atoms with E-state index in [0.29, 0.717) is 6.04 Å². The maximum absolute atomic E-state index is 4.37. The van der Waals surface area contributed by atoms with Gasteiger partial charge in [-0.3, -0.25) is 4.98 Å². The molecule has 0 saturated carbocycles. The summed E-state index contributed by atoms with van der Waals surface area (Å²) in [5.41, 5.74) is 2.39. The van der Waals surface area contributed by atoms with E-state index in [1.165, 1.54) is 56.9 Å². The molecule has 2 nitrogen and oxygen atoms in total. The van der Waals surface area contributed by atoms with Crippen LogP contribution in [-0.4, -0.2) is 11.0 Å². The van der Waals surface area contributed by atoms with Crippen molar-refractivity contribution in [2.75, 3.05) is 0 Å². The fourth-order valence-corrected chi connectivity index (χ4v) is 2.50. The Hall–Kier alpha value is -0.890. The van der Waals surface area contributed by atoms with Crippen molar-refractivity contribution in [2.45, 2.75) is 84.7 Å². The molecule has 0 aliphatic rings. The first kappa shape index (κ1) is 17.2. The van der Waals surface area contributed by atoms with Crippen molar-refractivity contribution in [3.05, 3.63) is 29.6 Å². The van der Waals surface area contributed by atoms with Gasteiger partial charge in [0.05, 0.1) is 0 Å². The zero-order valence-corrected chi connectivity index (χ0v) is 13.6. The van der Waals surface area contributed by atoms with Gasteiger partial charge < -0.3 is 5.32 Å². The van der Waals surface area contributed by atoms with Crippen molar-refractivity contribution in [2.24, 2.45) is 0 Å². The summed E-state index contributed by atoms with van der Waals surface area (Å²) in [6, 6.07) is 4.96. The summed E-state index contributed by atoms with van der Waals surface area (Å²) in [6.45, 7) is 7.54. The summed E-state index contributed by atoms with van der Waals surface area (Å²) in [5, 5.41) is 3.73. The summed E-state index contributed by atoms with van der Waals surface area (Å²) >= 11 is 0. The summed E-state index contributed by atoms with van der Waals surface area (Å²) in [6.07, 6.45) is 12.7. The number of unbranched alkanes of at least 4 members (excludes halogenated alkanes) is 4. The van der Waals surface area contributed by atoms with Crippen LogP contribution in [0, 0.1) is 6.92 Å². The molecule has 1 heterocycles. The van der Waals surface area contributed by atoms with E-state index in [0.717, 1.165) is 12.2 Å². The molecular weight excluding hydrogens is 244 g/mol. The molecule has 1 rings (SSSR count). The van der Waals surface area contributed by atoms with E-state index < -0.39 is 0 Å². The highest BCUT2D eigenvalue weighted by atomic mass is 14.9. The smallest absolute Gasteiger partial charge is 0.0372 e. The van der Waals surface area contributed by atoms with Crippen molar-refractivity contribution in [3.63, 3.8) is 0 Å². The van der Waals surface area contributed by atoms with Crippen molar-refractivity contribution < 1.29 is 0 Å². The van der Waals surface area contributed by atoms with Crippen LogP contribution in [0.15, 0.2) is 18.3 Å². The molecule has 0 aromatic carbocycles. The highest BCUT2D eigenvalue weighted by molar-refractivity contribution is 5.12. The number of nitrogens with one attached hydrogen (secondary N) is 1. The van der Waals surface area contributed by atoms with Gasteiger partial charge in [-0.2, -0.15) is 0 Å². The van der Waals surface area contributed by atoms with Crippen LogP contribution in [0.5, 0.6) is 0 Å². The first-order valence-electron chi connectivity index (χ1n) is 8.41. The second-order valence-corrected chi connectivity index (χ2v) is 5.88. The Kier molecular flexibility index (Phi) is 9.31. The predicted molar refractivity (Wildman–Crippen MR) is 87.9 cm³/mol. The molecule has 0 amide bonds. The van der Waals surface area contributed by atoms with Gasteiger partial charge in [0.15, 0.2) is 0 Å². The molecule has 0 unspecified atom stereocenters. The fraction of sp³-hybridized carbons (Fsp3) is 0.722. The first-order chi connectivity index (χ1) is 9.76. The molecule has 0 aliphatic heterocycles. The number of nitrogens with zero attached hydrogens (tertiary/aromatic N) is 1. The van der Waals surface area contributed by atoms with E-state index in [1.54, 1.807) is 0 Å². The topological polar surface area (TPSA) is 24.9 Å². The molecule has 1 N–H and O–H groups in total. The molecule has 1 aromatic heterocycles. The van der Waals surface area contributed by atoms with Crippen molar-refractivity contribution in [1.82, 2.24) is 10.3 Å². The highest BCUT2D eigenvalue weighted by Gasteiger charge is 2.07. The van der Waals surface area contributed by atoms with Gasteiger partial charge in [0.2, 0.25) is 0 Å². The fourth-order valence-electron chi connectivity index (χ4n) is 2.50. The van der Waals surface area contributed by atoms with Gasteiger partial charge in [0.25, 0.3) is 0 Å². The Bertz CT molecular complexity index is 322. The van der Waals surface area contributed by atoms with E-state index in [9.17, 15) is 0 Å². The average Bonchev–Trinajstić information content (AvgIpc) is 2.46. The number of hydrogen-bond donors (Lipinski definition) is 1. The lowest BCUT2D eigenvalue weighted by molar-refractivity contribution is 0.417. The molecule has 20 heavy (non-hydrogen) atoms. The highest BCUT2D eigenvalue weighted by Crippen LogP contribution is 2.12. The molecule has 0 aliphatic carbocycles. The van der Waals surface area contributed by atoms with Crippen molar-refractivity contribution in [3.8, 4) is 0 Å². The van der Waals surface area contributed by atoms with Gasteiger partial charge in [-0.25, -0.2) is 0 Å². The third kappa shape index (κ3) is 7.64. The van der Waals surface area contributed by atoms with Crippen LogP contribution in [-0.2, 0) is 6.54 Å². The zero-order chi connectivity index (χ0) is 14.6. The second-order valence-electron chi connectivity index (χ2n) is 5.88. The van der Waals surface area contributed by atoms with Gasteiger partial charge >= 0.3 is 0 Å². The Balaban J connectivity index is 2.35. The Morgan fingerprint density at radius 2 is 1.65 bits per heavy atom. The first-order valence-corrected chi connectivity index (χ1v) is 8.41. The third-order valence-corrected chi connectivity index (χ3v) is 3.88. The van der Waals surface area contributed by atoms with E-state index in [1.807, 2.05) is 13.1 Å². The zero-order valence-electron chi connectivity index (χ0n) is 13.6. The van der Waals surface area contributed by atoms with Crippen molar-refractivity contribution in [1.29, 1.82) is 0 Å². The number of aryl methyl sites for hydroxylation is 1. The monoisotopic (exact) mass is 276 g/mol. The van der Waals surface area contributed by atoms with Crippen molar-refractivity contribution >= 4 is 0 Å². The Labute approximate surface area is 125 Å². The molecule has 0 spiro atoms. The maximum Gasteiger partial charge on any atom is 0.0372 e. The number of aromatic nitrogens is 1. The minimum atomic E-state index is 0.675. The van der Waals surface area contributed by atoms with Crippen LogP contribution < -0.4 is 5.32 Å². The van der Waals surface area contributed by atoms with E-state index in [-0.39, 0.29) is 0 Å². The van der Waals surface area contributed by atoms with Gasteiger partial charge in [-0.15, -0.1) is 0 Å².